The van der Waals surface area contributed by atoms with E-state index in [9.17, 15) is 13.2 Å². The molecule has 0 saturated carbocycles. The van der Waals surface area contributed by atoms with Crippen molar-refractivity contribution in [3.63, 3.8) is 0 Å². The number of ether oxygens (including phenoxy) is 1. The van der Waals surface area contributed by atoms with Crippen LogP contribution in [0.5, 0.6) is 5.75 Å². The number of carbonyl (C=O) groups excluding carboxylic acids is 1. The Morgan fingerprint density at radius 3 is 2.14 bits per heavy atom. The monoisotopic (exact) mass is 404 g/mol. The first-order chi connectivity index (χ1) is 13.0. The zero-order valence-corrected chi connectivity index (χ0v) is 18.0. The number of anilines is 1. The van der Waals surface area contributed by atoms with Crippen LogP contribution in [-0.2, 0) is 10.0 Å². The van der Waals surface area contributed by atoms with Gasteiger partial charge in [-0.1, -0.05) is 13.8 Å². The molecular formula is C21H28N2O4S. The van der Waals surface area contributed by atoms with Gasteiger partial charge >= 0.3 is 0 Å². The average molecular weight is 405 g/mol. The van der Waals surface area contributed by atoms with Gasteiger partial charge in [-0.15, -0.1) is 0 Å². The average Bonchev–Trinajstić information content (AvgIpc) is 2.60. The van der Waals surface area contributed by atoms with Crippen LogP contribution in [0.25, 0.3) is 0 Å². The van der Waals surface area contributed by atoms with Crippen molar-refractivity contribution < 1.29 is 17.9 Å². The molecule has 7 heteroatoms. The number of rotatable bonds is 7. The van der Waals surface area contributed by atoms with Gasteiger partial charge < -0.3 is 10.1 Å². The summed E-state index contributed by atoms with van der Waals surface area (Å²) in [6.07, 6.45) is 1.08. The maximum absolute atomic E-state index is 12.6. The smallest absolute Gasteiger partial charge is 0.251 e. The number of hydrogen-bond acceptors (Lipinski definition) is 4. The van der Waals surface area contributed by atoms with E-state index < -0.39 is 10.0 Å². The van der Waals surface area contributed by atoms with Crippen molar-refractivity contribution in [3.8, 4) is 5.75 Å². The summed E-state index contributed by atoms with van der Waals surface area (Å²) in [7, 11) is -1.69. The molecule has 152 valence electrons. The molecule has 2 N–H and O–H groups in total. The third-order valence-corrected chi connectivity index (χ3v) is 5.11. The highest BCUT2D eigenvalue weighted by atomic mass is 32.2. The van der Waals surface area contributed by atoms with Gasteiger partial charge in [-0.25, -0.2) is 8.42 Å². The zero-order valence-electron chi connectivity index (χ0n) is 17.2. The molecule has 2 aromatic rings. The van der Waals surface area contributed by atoms with E-state index in [1.54, 1.807) is 31.4 Å². The number of methoxy groups -OCH3 is 1. The summed E-state index contributed by atoms with van der Waals surface area (Å²) < 4.78 is 30.4. The normalized spacial score (nSPS) is 12.5. The highest BCUT2D eigenvalue weighted by Crippen LogP contribution is 2.32. The lowest BCUT2D eigenvalue weighted by molar-refractivity contribution is 0.0940. The van der Waals surface area contributed by atoms with Crippen molar-refractivity contribution in [1.29, 1.82) is 0 Å². The van der Waals surface area contributed by atoms with E-state index in [1.807, 2.05) is 19.9 Å². The number of amides is 1. The van der Waals surface area contributed by atoms with Gasteiger partial charge in [-0.2, -0.15) is 0 Å². The molecule has 1 amide bonds. The first-order valence-corrected chi connectivity index (χ1v) is 11.0. The Labute approximate surface area is 167 Å². The van der Waals surface area contributed by atoms with E-state index in [2.05, 4.69) is 30.0 Å². The fourth-order valence-corrected chi connectivity index (χ4v) is 3.64. The van der Waals surface area contributed by atoms with E-state index in [-0.39, 0.29) is 11.9 Å². The van der Waals surface area contributed by atoms with E-state index in [1.165, 1.54) is 0 Å². The Morgan fingerprint density at radius 1 is 1.04 bits per heavy atom. The van der Waals surface area contributed by atoms with Gasteiger partial charge in [0, 0.05) is 11.3 Å². The van der Waals surface area contributed by atoms with Gasteiger partial charge in [-0.05, 0) is 72.9 Å². The van der Waals surface area contributed by atoms with Gasteiger partial charge in [0.05, 0.1) is 19.4 Å². The van der Waals surface area contributed by atoms with Crippen molar-refractivity contribution in [2.75, 3.05) is 18.1 Å². The van der Waals surface area contributed by atoms with E-state index in [0.717, 1.165) is 28.7 Å². The summed E-state index contributed by atoms with van der Waals surface area (Å²) in [5.74, 6) is 0.926. The molecule has 0 heterocycles. The van der Waals surface area contributed by atoms with E-state index in [0.29, 0.717) is 17.2 Å². The first kappa shape index (κ1) is 21.8. The van der Waals surface area contributed by atoms with Crippen molar-refractivity contribution >= 4 is 21.6 Å². The number of sulfonamides is 1. The molecule has 0 aliphatic carbocycles. The molecule has 28 heavy (non-hydrogen) atoms. The van der Waals surface area contributed by atoms with Crippen LogP contribution in [0.3, 0.4) is 0 Å². The Balaban J connectivity index is 2.19. The zero-order chi connectivity index (χ0) is 21.1. The predicted molar refractivity (Wildman–Crippen MR) is 113 cm³/mol. The van der Waals surface area contributed by atoms with Gasteiger partial charge in [0.1, 0.15) is 5.75 Å². The molecule has 2 aromatic carbocycles. The fourth-order valence-electron chi connectivity index (χ4n) is 3.07. The van der Waals surface area contributed by atoms with Crippen LogP contribution in [-0.4, -0.2) is 27.7 Å². The molecule has 0 unspecified atom stereocenters. The highest BCUT2D eigenvalue weighted by molar-refractivity contribution is 7.92. The molecule has 0 aliphatic heterocycles. The Bertz CT molecular complexity index is 951. The van der Waals surface area contributed by atoms with Crippen LogP contribution in [0.2, 0.25) is 0 Å². The summed E-state index contributed by atoms with van der Waals surface area (Å²) >= 11 is 0. The number of hydrogen-bond donors (Lipinski definition) is 2. The first-order valence-electron chi connectivity index (χ1n) is 9.09. The topological polar surface area (TPSA) is 84.5 Å². The molecule has 0 aliphatic rings. The lowest BCUT2D eigenvalue weighted by atomic mass is 9.93. The molecule has 6 nitrogen and oxygen atoms in total. The highest BCUT2D eigenvalue weighted by Gasteiger charge is 2.17. The van der Waals surface area contributed by atoms with Crippen LogP contribution < -0.4 is 14.8 Å². The molecule has 0 fully saturated rings. The summed E-state index contributed by atoms with van der Waals surface area (Å²) in [5.41, 5.74) is 4.05. The summed E-state index contributed by atoms with van der Waals surface area (Å²) in [5, 5.41) is 3.01. The van der Waals surface area contributed by atoms with Crippen molar-refractivity contribution in [3.05, 3.63) is 58.7 Å². The van der Waals surface area contributed by atoms with Gasteiger partial charge in [0.15, 0.2) is 0 Å². The third-order valence-electron chi connectivity index (χ3n) is 4.50. The summed E-state index contributed by atoms with van der Waals surface area (Å²) in [6, 6.07) is 10.2. The van der Waals surface area contributed by atoms with Crippen LogP contribution in [0, 0.1) is 6.92 Å². The van der Waals surface area contributed by atoms with Crippen molar-refractivity contribution in [2.45, 2.75) is 39.7 Å². The second kappa shape index (κ2) is 8.65. The molecule has 0 bridgehead atoms. The van der Waals surface area contributed by atoms with Gasteiger partial charge in [-0.3, -0.25) is 9.52 Å². The summed E-state index contributed by atoms with van der Waals surface area (Å²) in [6.45, 7) is 8.14. The fraction of sp³-hybridized carbons (Fsp3) is 0.381. The molecule has 0 spiro atoms. The third kappa shape index (κ3) is 5.48. The Hall–Kier alpha value is -2.54. The van der Waals surface area contributed by atoms with Gasteiger partial charge in [0.2, 0.25) is 10.0 Å². The number of benzene rings is 2. The molecule has 0 aromatic heterocycles. The molecule has 0 radical (unpaired) electrons. The maximum atomic E-state index is 12.6. The Morgan fingerprint density at radius 2 is 1.64 bits per heavy atom. The minimum Gasteiger partial charge on any atom is -0.496 e. The number of nitrogens with one attached hydrogen (secondary N) is 2. The number of carbonyl (C=O) groups is 1. The second-order valence-electron chi connectivity index (χ2n) is 7.25. The lowest BCUT2D eigenvalue weighted by Gasteiger charge is -2.21. The SMILES string of the molecule is COc1cc(C)c([C@@H](C)NC(=O)c2ccc(NS(C)(=O)=O)cc2)cc1C(C)C. The second-order valence-corrected chi connectivity index (χ2v) is 9.00. The molecular weight excluding hydrogens is 376 g/mol. The van der Waals surface area contributed by atoms with Crippen LogP contribution >= 0.6 is 0 Å². The number of aryl methyl sites for hydroxylation is 1. The minimum absolute atomic E-state index is 0.190. The van der Waals surface area contributed by atoms with E-state index in [4.69, 9.17) is 4.74 Å². The standard InChI is InChI=1S/C21H28N2O4S/c1-13(2)18-12-19(14(3)11-20(18)27-5)15(4)22-21(24)16-7-9-17(10-8-16)23-28(6,25)26/h7-13,15,23H,1-6H3,(H,22,24)/t15-/m1/s1. The van der Waals surface area contributed by atoms with E-state index >= 15 is 0 Å². The lowest BCUT2D eigenvalue weighted by Crippen LogP contribution is -2.27. The van der Waals surface area contributed by atoms with Crippen molar-refractivity contribution in [2.24, 2.45) is 0 Å². The predicted octanol–water partition coefficient (Wildman–Crippen LogP) is 3.99. The largest absolute Gasteiger partial charge is 0.496 e. The summed E-state index contributed by atoms with van der Waals surface area (Å²) in [4.78, 5) is 12.6. The van der Waals surface area contributed by atoms with Crippen LogP contribution in [0.4, 0.5) is 5.69 Å². The Kier molecular flexibility index (Phi) is 6.72. The molecule has 1 atom stereocenters. The van der Waals surface area contributed by atoms with Gasteiger partial charge in [0.25, 0.3) is 5.91 Å². The quantitative estimate of drug-likeness (QED) is 0.731. The maximum Gasteiger partial charge on any atom is 0.251 e. The molecule has 0 saturated heterocycles. The minimum atomic E-state index is -3.35. The van der Waals surface area contributed by atoms with Crippen molar-refractivity contribution in [1.82, 2.24) is 5.32 Å². The van der Waals surface area contributed by atoms with Crippen LogP contribution in [0.15, 0.2) is 36.4 Å². The molecule has 2 rings (SSSR count). The van der Waals surface area contributed by atoms with Crippen LogP contribution in [0.1, 0.15) is 59.8 Å².